The highest BCUT2D eigenvalue weighted by molar-refractivity contribution is 5.76. The number of esters is 1. The van der Waals surface area contributed by atoms with Crippen LogP contribution in [0.3, 0.4) is 0 Å². The summed E-state index contributed by atoms with van der Waals surface area (Å²) in [6.45, 7) is 10.8. The molecule has 0 aliphatic heterocycles. The highest BCUT2D eigenvalue weighted by Gasteiger charge is 2.35. The molecular formula is C17H26O2. The lowest BCUT2D eigenvalue weighted by Gasteiger charge is -2.32. The van der Waals surface area contributed by atoms with Crippen molar-refractivity contribution in [3.63, 3.8) is 0 Å². The monoisotopic (exact) mass is 262 g/mol. The Kier molecular flexibility index (Phi) is 5.16. The van der Waals surface area contributed by atoms with Crippen LogP contribution in [0.4, 0.5) is 0 Å². The van der Waals surface area contributed by atoms with Crippen molar-refractivity contribution in [2.45, 2.75) is 54.1 Å². The first-order chi connectivity index (χ1) is 8.77. The molecule has 0 atom stereocenters. The summed E-state index contributed by atoms with van der Waals surface area (Å²) in [5.41, 5.74) is 0.755. The summed E-state index contributed by atoms with van der Waals surface area (Å²) in [7, 11) is 0. The van der Waals surface area contributed by atoms with Crippen LogP contribution in [0, 0.1) is 10.8 Å². The second-order valence-corrected chi connectivity index (χ2v) is 6.64. The molecule has 19 heavy (non-hydrogen) atoms. The molecule has 0 amide bonds. The molecule has 0 aliphatic rings. The molecule has 0 fully saturated rings. The minimum absolute atomic E-state index is 0.113. The molecule has 0 aromatic heterocycles. The number of carbonyl (C=O) groups is 1. The molecule has 0 spiro atoms. The summed E-state index contributed by atoms with van der Waals surface area (Å²) in [6, 6.07) is 9.80. The summed E-state index contributed by atoms with van der Waals surface area (Å²) in [5.74, 6) is -0.113. The van der Waals surface area contributed by atoms with E-state index in [4.69, 9.17) is 4.74 Å². The predicted molar refractivity (Wildman–Crippen MR) is 78.7 cm³/mol. The van der Waals surface area contributed by atoms with E-state index in [1.54, 1.807) is 0 Å². The van der Waals surface area contributed by atoms with Crippen LogP contribution in [0.25, 0.3) is 0 Å². The molecule has 1 rings (SSSR count). The number of hydrogen-bond donors (Lipinski definition) is 0. The minimum atomic E-state index is -0.436. The van der Waals surface area contributed by atoms with Gasteiger partial charge in [0.15, 0.2) is 0 Å². The van der Waals surface area contributed by atoms with Crippen molar-refractivity contribution in [3.8, 4) is 0 Å². The van der Waals surface area contributed by atoms with Crippen LogP contribution in [0.5, 0.6) is 0 Å². The van der Waals surface area contributed by atoms with Gasteiger partial charge in [-0.05, 0) is 31.2 Å². The van der Waals surface area contributed by atoms with E-state index < -0.39 is 5.41 Å². The van der Waals surface area contributed by atoms with Crippen LogP contribution in [-0.2, 0) is 16.1 Å². The lowest BCUT2D eigenvalue weighted by atomic mass is 9.74. The van der Waals surface area contributed by atoms with Gasteiger partial charge in [0.2, 0.25) is 0 Å². The van der Waals surface area contributed by atoms with Crippen LogP contribution in [-0.4, -0.2) is 5.97 Å². The molecule has 0 unspecified atom stereocenters. The third-order valence-corrected chi connectivity index (χ3v) is 3.64. The Labute approximate surface area is 117 Å². The number of ether oxygens (including phenoxy) is 1. The molecule has 106 valence electrons. The van der Waals surface area contributed by atoms with Crippen LogP contribution < -0.4 is 0 Å². The summed E-state index contributed by atoms with van der Waals surface area (Å²) in [5, 5.41) is 0. The smallest absolute Gasteiger partial charge is 0.311 e. The standard InChI is InChI=1S/C17H26O2/c1-6-16(2,3)13-17(4,5)15(18)19-12-14-10-8-7-9-11-14/h7-11H,6,12-13H2,1-5H3. The number of hydrogen-bond acceptors (Lipinski definition) is 2. The van der Waals surface area contributed by atoms with Gasteiger partial charge in [-0.3, -0.25) is 4.79 Å². The average molecular weight is 262 g/mol. The van der Waals surface area contributed by atoms with E-state index in [1.807, 2.05) is 44.2 Å². The van der Waals surface area contributed by atoms with Crippen LogP contribution in [0.1, 0.15) is 53.0 Å². The van der Waals surface area contributed by atoms with Gasteiger partial charge < -0.3 is 4.74 Å². The molecule has 1 aromatic rings. The highest BCUT2D eigenvalue weighted by atomic mass is 16.5. The maximum absolute atomic E-state index is 12.2. The van der Waals surface area contributed by atoms with Gasteiger partial charge in [-0.25, -0.2) is 0 Å². The van der Waals surface area contributed by atoms with Crippen LogP contribution in [0.15, 0.2) is 30.3 Å². The SMILES string of the molecule is CCC(C)(C)CC(C)(C)C(=O)OCc1ccccc1. The Morgan fingerprint density at radius 1 is 1.11 bits per heavy atom. The largest absolute Gasteiger partial charge is 0.460 e. The van der Waals surface area contributed by atoms with Crippen molar-refractivity contribution in [2.24, 2.45) is 10.8 Å². The lowest BCUT2D eigenvalue weighted by molar-refractivity contribution is -0.157. The Balaban J connectivity index is 2.57. The molecule has 0 heterocycles. The minimum Gasteiger partial charge on any atom is -0.460 e. The van der Waals surface area contributed by atoms with Gasteiger partial charge in [-0.1, -0.05) is 57.5 Å². The highest BCUT2D eigenvalue weighted by Crippen LogP contribution is 2.36. The van der Waals surface area contributed by atoms with Crippen molar-refractivity contribution in [1.82, 2.24) is 0 Å². The maximum atomic E-state index is 12.2. The van der Waals surface area contributed by atoms with E-state index in [1.165, 1.54) is 0 Å². The molecule has 2 heteroatoms. The fourth-order valence-corrected chi connectivity index (χ4v) is 2.31. The second kappa shape index (κ2) is 6.23. The zero-order valence-corrected chi connectivity index (χ0v) is 12.8. The third-order valence-electron chi connectivity index (χ3n) is 3.64. The van der Waals surface area contributed by atoms with E-state index >= 15 is 0 Å². The zero-order valence-electron chi connectivity index (χ0n) is 12.8. The Morgan fingerprint density at radius 2 is 1.68 bits per heavy atom. The molecule has 2 nitrogen and oxygen atoms in total. The van der Waals surface area contributed by atoms with Gasteiger partial charge in [0.1, 0.15) is 6.61 Å². The average Bonchev–Trinajstić information content (AvgIpc) is 2.36. The summed E-state index contributed by atoms with van der Waals surface area (Å²) >= 11 is 0. The lowest BCUT2D eigenvalue weighted by Crippen LogP contribution is -2.32. The molecular weight excluding hydrogens is 236 g/mol. The van der Waals surface area contributed by atoms with Crippen LogP contribution in [0.2, 0.25) is 0 Å². The molecule has 0 aliphatic carbocycles. The van der Waals surface area contributed by atoms with Crippen LogP contribution >= 0.6 is 0 Å². The van der Waals surface area contributed by atoms with Gasteiger partial charge in [0.25, 0.3) is 0 Å². The zero-order chi connectivity index (χ0) is 14.5. The first-order valence-electron chi connectivity index (χ1n) is 6.98. The second-order valence-electron chi connectivity index (χ2n) is 6.64. The molecule has 0 radical (unpaired) electrons. The van der Waals surface area contributed by atoms with Gasteiger partial charge in [-0.15, -0.1) is 0 Å². The maximum Gasteiger partial charge on any atom is 0.311 e. The molecule has 1 aromatic carbocycles. The first-order valence-corrected chi connectivity index (χ1v) is 6.98. The third kappa shape index (κ3) is 5.06. The number of benzene rings is 1. The normalized spacial score (nSPS) is 12.3. The van der Waals surface area contributed by atoms with Crippen molar-refractivity contribution >= 4 is 5.97 Å². The first kappa shape index (κ1) is 15.7. The van der Waals surface area contributed by atoms with Crippen molar-refractivity contribution in [2.75, 3.05) is 0 Å². The van der Waals surface area contributed by atoms with Crippen molar-refractivity contribution in [1.29, 1.82) is 0 Å². The molecule has 0 bridgehead atoms. The number of rotatable bonds is 6. The van der Waals surface area contributed by atoms with Crippen molar-refractivity contribution in [3.05, 3.63) is 35.9 Å². The van der Waals surface area contributed by atoms with E-state index in [-0.39, 0.29) is 11.4 Å². The van der Waals surface area contributed by atoms with E-state index in [2.05, 4.69) is 20.8 Å². The quantitative estimate of drug-likeness (QED) is 0.701. The summed E-state index contributed by atoms with van der Waals surface area (Å²) in [4.78, 5) is 12.2. The summed E-state index contributed by atoms with van der Waals surface area (Å²) < 4.78 is 5.44. The van der Waals surface area contributed by atoms with Crippen molar-refractivity contribution < 1.29 is 9.53 Å². The van der Waals surface area contributed by atoms with E-state index in [0.717, 1.165) is 18.4 Å². The van der Waals surface area contributed by atoms with Gasteiger partial charge in [-0.2, -0.15) is 0 Å². The topological polar surface area (TPSA) is 26.3 Å². The fourth-order valence-electron chi connectivity index (χ4n) is 2.31. The fraction of sp³-hybridized carbons (Fsp3) is 0.588. The predicted octanol–water partition coefficient (Wildman–Crippen LogP) is 4.58. The molecule has 0 saturated carbocycles. The van der Waals surface area contributed by atoms with Gasteiger partial charge >= 0.3 is 5.97 Å². The number of carbonyl (C=O) groups excluding carboxylic acids is 1. The van der Waals surface area contributed by atoms with Gasteiger partial charge in [0.05, 0.1) is 5.41 Å². The summed E-state index contributed by atoms with van der Waals surface area (Å²) in [6.07, 6.45) is 1.90. The molecule has 0 saturated heterocycles. The molecule has 0 N–H and O–H groups in total. The van der Waals surface area contributed by atoms with Gasteiger partial charge in [0, 0.05) is 0 Å². The van der Waals surface area contributed by atoms with E-state index in [0.29, 0.717) is 6.61 Å². The Hall–Kier alpha value is -1.31. The Morgan fingerprint density at radius 3 is 2.21 bits per heavy atom. The Bertz CT molecular complexity index is 405. The van der Waals surface area contributed by atoms with E-state index in [9.17, 15) is 4.79 Å².